The molecule has 1 heterocycles. The molecule has 0 fully saturated rings. The molecule has 3 N–H and O–H groups in total. The lowest BCUT2D eigenvalue weighted by Crippen LogP contribution is -2.37. The van der Waals surface area contributed by atoms with Crippen LogP contribution in [0.4, 0.5) is 5.82 Å². The van der Waals surface area contributed by atoms with Crippen molar-refractivity contribution in [2.75, 3.05) is 18.9 Å². The monoisotopic (exact) mass is 389 g/mol. The number of anilines is 1. The minimum Gasteiger partial charge on any atom is -0.494 e. The number of nitrogens with one attached hydrogen (secondary N) is 1. The first-order valence-corrected chi connectivity index (χ1v) is 8.94. The molecule has 2 aromatic rings. The zero-order valence-electron chi connectivity index (χ0n) is 15.8. The van der Waals surface area contributed by atoms with Crippen molar-refractivity contribution in [1.82, 2.24) is 9.55 Å². The predicted molar refractivity (Wildman–Crippen MR) is 103 cm³/mol. The van der Waals surface area contributed by atoms with Crippen LogP contribution in [0.1, 0.15) is 47.4 Å². The van der Waals surface area contributed by atoms with Crippen LogP contribution in [0, 0.1) is 0 Å². The second-order valence-electron chi connectivity index (χ2n) is 6.04. The Hall–Kier alpha value is -3.36. The van der Waals surface area contributed by atoms with Gasteiger partial charge >= 0.3 is 11.7 Å². The maximum Gasteiger partial charge on any atom is 0.338 e. The predicted octanol–water partition coefficient (Wildman–Crippen LogP) is 1.36. The molecule has 2 rings (SSSR count). The van der Waals surface area contributed by atoms with Gasteiger partial charge in [-0.2, -0.15) is 0 Å². The molecule has 0 saturated heterocycles. The summed E-state index contributed by atoms with van der Waals surface area (Å²) in [7, 11) is 0. The number of carbonyl (C=O) groups excluding carboxylic acids is 2. The fourth-order valence-corrected chi connectivity index (χ4v) is 2.50. The van der Waals surface area contributed by atoms with Gasteiger partial charge in [0, 0.05) is 6.54 Å². The van der Waals surface area contributed by atoms with Gasteiger partial charge in [-0.05, 0) is 37.1 Å². The van der Waals surface area contributed by atoms with Crippen molar-refractivity contribution in [3.05, 3.63) is 56.2 Å². The van der Waals surface area contributed by atoms with Crippen molar-refractivity contribution in [3.8, 4) is 5.75 Å². The van der Waals surface area contributed by atoms with Gasteiger partial charge in [-0.25, -0.2) is 9.59 Å². The minimum absolute atomic E-state index is 0.231. The van der Waals surface area contributed by atoms with Crippen molar-refractivity contribution >= 4 is 17.6 Å². The fraction of sp³-hybridized carbons (Fsp3) is 0.368. The first-order valence-electron chi connectivity index (χ1n) is 8.94. The lowest BCUT2D eigenvalue weighted by atomic mass is 10.2. The number of aromatic nitrogens is 2. The van der Waals surface area contributed by atoms with Crippen LogP contribution in [0.15, 0.2) is 33.9 Å². The molecule has 0 bridgehead atoms. The number of aromatic amines is 1. The number of H-pyrrole nitrogens is 1. The van der Waals surface area contributed by atoms with Crippen LogP contribution in [-0.2, 0) is 11.3 Å². The van der Waals surface area contributed by atoms with E-state index in [9.17, 15) is 19.2 Å². The van der Waals surface area contributed by atoms with E-state index in [1.807, 2.05) is 13.8 Å². The third-order valence-corrected chi connectivity index (χ3v) is 3.86. The van der Waals surface area contributed by atoms with Gasteiger partial charge in [0.2, 0.25) is 5.78 Å². The van der Waals surface area contributed by atoms with E-state index in [0.717, 1.165) is 11.0 Å². The molecule has 0 amide bonds. The Bertz CT molecular complexity index is 959. The lowest BCUT2D eigenvalue weighted by molar-refractivity contribution is 0.0474. The first kappa shape index (κ1) is 20.9. The molecular formula is C19H23N3O6. The van der Waals surface area contributed by atoms with Crippen LogP contribution in [0.5, 0.6) is 5.75 Å². The topological polar surface area (TPSA) is 133 Å². The molecule has 0 radical (unpaired) electrons. The third kappa shape index (κ3) is 4.87. The van der Waals surface area contributed by atoms with Crippen LogP contribution in [0.3, 0.4) is 0 Å². The third-order valence-electron chi connectivity index (χ3n) is 3.86. The number of carbonyl (C=O) groups is 2. The Morgan fingerprint density at radius 3 is 2.39 bits per heavy atom. The number of benzene rings is 1. The minimum atomic E-state index is -0.909. The zero-order chi connectivity index (χ0) is 20.7. The van der Waals surface area contributed by atoms with Crippen molar-refractivity contribution in [2.45, 2.75) is 33.2 Å². The highest BCUT2D eigenvalue weighted by Crippen LogP contribution is 2.13. The van der Waals surface area contributed by atoms with Crippen LogP contribution in [0.25, 0.3) is 0 Å². The van der Waals surface area contributed by atoms with Gasteiger partial charge < -0.3 is 15.2 Å². The highest BCUT2D eigenvalue weighted by molar-refractivity contribution is 6.02. The Balaban J connectivity index is 2.09. The van der Waals surface area contributed by atoms with Gasteiger partial charge in [0.05, 0.1) is 12.2 Å². The average Bonchev–Trinajstić information content (AvgIpc) is 2.68. The molecule has 28 heavy (non-hydrogen) atoms. The van der Waals surface area contributed by atoms with Gasteiger partial charge in [-0.15, -0.1) is 0 Å². The quantitative estimate of drug-likeness (QED) is 0.488. The molecule has 9 nitrogen and oxygen atoms in total. The number of Topliss-reactive ketones (excluding diaryl/α,β-unsaturated/α-hetero) is 1. The van der Waals surface area contributed by atoms with Gasteiger partial charge in [-0.1, -0.05) is 13.8 Å². The smallest absolute Gasteiger partial charge is 0.338 e. The van der Waals surface area contributed by atoms with E-state index in [1.54, 1.807) is 12.1 Å². The molecule has 0 saturated carbocycles. The number of nitrogens with two attached hydrogens (primary N) is 1. The number of ketones is 1. The van der Waals surface area contributed by atoms with E-state index in [4.69, 9.17) is 15.2 Å². The first-order chi connectivity index (χ1) is 13.4. The Morgan fingerprint density at radius 2 is 1.79 bits per heavy atom. The van der Waals surface area contributed by atoms with Crippen LogP contribution in [-0.4, -0.2) is 34.5 Å². The molecule has 0 aliphatic rings. The highest BCUT2D eigenvalue weighted by atomic mass is 16.5. The summed E-state index contributed by atoms with van der Waals surface area (Å²) in [6.07, 6.45) is 1.44. The van der Waals surface area contributed by atoms with Gasteiger partial charge in [0.25, 0.3) is 5.56 Å². The van der Waals surface area contributed by atoms with Crippen molar-refractivity contribution in [1.29, 1.82) is 0 Å². The molecule has 1 aromatic carbocycles. The summed E-state index contributed by atoms with van der Waals surface area (Å²) in [6, 6.07) is 6.27. The number of hydrogen-bond donors (Lipinski definition) is 2. The van der Waals surface area contributed by atoms with E-state index in [2.05, 4.69) is 4.98 Å². The number of nitrogen functional groups attached to an aromatic ring is 1. The van der Waals surface area contributed by atoms with Crippen LogP contribution in [0.2, 0.25) is 0 Å². The number of rotatable bonds is 9. The second-order valence-corrected chi connectivity index (χ2v) is 6.04. The standard InChI is InChI=1S/C19H23N3O6/c1-3-9-22-16(20)15(17(24)21-19(22)26)14(23)11-28-18(25)12-5-7-13(8-6-12)27-10-4-2/h5-8H,3-4,9-11,20H2,1-2H3,(H,21,24,26). The summed E-state index contributed by atoms with van der Waals surface area (Å²) in [5.41, 5.74) is 4.05. The molecule has 9 heteroatoms. The number of esters is 1. The van der Waals surface area contributed by atoms with Crippen molar-refractivity contribution < 1.29 is 19.1 Å². The Labute approximate surface area is 161 Å². The molecule has 1 aromatic heterocycles. The summed E-state index contributed by atoms with van der Waals surface area (Å²) in [5.74, 6) is -1.15. The molecule has 0 aliphatic heterocycles. The van der Waals surface area contributed by atoms with Crippen molar-refractivity contribution in [2.24, 2.45) is 0 Å². The van der Waals surface area contributed by atoms with Crippen LogP contribution >= 0.6 is 0 Å². The number of ether oxygens (including phenoxy) is 2. The highest BCUT2D eigenvalue weighted by Gasteiger charge is 2.21. The van der Waals surface area contributed by atoms with E-state index >= 15 is 0 Å². The molecule has 150 valence electrons. The summed E-state index contributed by atoms with van der Waals surface area (Å²) >= 11 is 0. The lowest BCUT2D eigenvalue weighted by Gasteiger charge is -2.11. The average molecular weight is 389 g/mol. The van der Waals surface area contributed by atoms with E-state index in [-0.39, 0.29) is 17.9 Å². The van der Waals surface area contributed by atoms with Gasteiger partial charge in [0.1, 0.15) is 17.1 Å². The molecule has 0 unspecified atom stereocenters. The molecule has 0 atom stereocenters. The Kier molecular flexibility index (Phi) is 7.14. The molecular weight excluding hydrogens is 366 g/mol. The molecule has 0 spiro atoms. The molecule has 0 aliphatic carbocycles. The van der Waals surface area contributed by atoms with E-state index < -0.39 is 35.2 Å². The summed E-state index contributed by atoms with van der Waals surface area (Å²) in [5, 5.41) is 0. The number of hydrogen-bond acceptors (Lipinski definition) is 7. The van der Waals surface area contributed by atoms with Crippen LogP contribution < -0.4 is 21.7 Å². The van der Waals surface area contributed by atoms with Gasteiger partial charge in [-0.3, -0.25) is 19.1 Å². The summed E-state index contributed by atoms with van der Waals surface area (Å²) < 4.78 is 11.5. The summed E-state index contributed by atoms with van der Waals surface area (Å²) in [6.45, 7) is 3.93. The fourth-order valence-electron chi connectivity index (χ4n) is 2.50. The maximum absolute atomic E-state index is 12.3. The second kappa shape index (κ2) is 9.54. The maximum atomic E-state index is 12.3. The largest absolute Gasteiger partial charge is 0.494 e. The Morgan fingerprint density at radius 1 is 1.11 bits per heavy atom. The SMILES string of the molecule is CCCOc1ccc(C(=O)OCC(=O)c2c(N)n(CCC)c(=O)[nH]c2=O)cc1. The summed E-state index contributed by atoms with van der Waals surface area (Å²) in [4.78, 5) is 50.3. The van der Waals surface area contributed by atoms with E-state index in [1.165, 1.54) is 12.1 Å². The van der Waals surface area contributed by atoms with E-state index in [0.29, 0.717) is 18.8 Å². The number of nitrogens with zero attached hydrogens (tertiary/aromatic N) is 1. The van der Waals surface area contributed by atoms with Gasteiger partial charge in [0.15, 0.2) is 6.61 Å². The zero-order valence-corrected chi connectivity index (χ0v) is 15.8. The normalized spacial score (nSPS) is 10.5. The van der Waals surface area contributed by atoms with Crippen molar-refractivity contribution in [3.63, 3.8) is 0 Å².